The molecule has 16 heavy (non-hydrogen) atoms. The van der Waals surface area contributed by atoms with Crippen molar-refractivity contribution in [2.24, 2.45) is 17.3 Å². The first-order valence-electron chi connectivity index (χ1n) is 5.75. The van der Waals surface area contributed by atoms with Crippen molar-refractivity contribution in [1.82, 2.24) is 0 Å². The highest BCUT2D eigenvalue weighted by atomic mass is 16.6. The van der Waals surface area contributed by atoms with Gasteiger partial charge in [-0.25, -0.2) is 4.79 Å². The number of hydrogen-bond donors (Lipinski definition) is 0. The van der Waals surface area contributed by atoms with Crippen molar-refractivity contribution >= 4 is 5.97 Å². The lowest BCUT2D eigenvalue weighted by atomic mass is 9.74. The molecule has 5 unspecified atom stereocenters. The van der Waals surface area contributed by atoms with Gasteiger partial charge in [-0.3, -0.25) is 0 Å². The van der Waals surface area contributed by atoms with Crippen LogP contribution in [0.3, 0.4) is 0 Å². The third-order valence-corrected chi connectivity index (χ3v) is 4.58. The van der Waals surface area contributed by atoms with Crippen LogP contribution in [0.15, 0.2) is 25.0 Å². The molecule has 0 aromatic heterocycles. The lowest BCUT2D eigenvalue weighted by Gasteiger charge is -2.30. The highest BCUT2D eigenvalue weighted by molar-refractivity contribution is 5.81. The number of hydrogen-bond acceptors (Lipinski definition) is 3. The summed E-state index contributed by atoms with van der Waals surface area (Å²) in [5.41, 5.74) is 0.117. The number of allylic oxidation sites excluding steroid dienone is 1. The lowest BCUT2D eigenvalue weighted by molar-refractivity contribution is -0.151. The van der Waals surface area contributed by atoms with Gasteiger partial charge in [-0.15, -0.1) is 0 Å². The van der Waals surface area contributed by atoms with E-state index >= 15 is 0 Å². The van der Waals surface area contributed by atoms with Crippen molar-refractivity contribution in [1.29, 1.82) is 0 Å². The number of ether oxygens (including phenoxy) is 2. The van der Waals surface area contributed by atoms with Crippen molar-refractivity contribution in [2.45, 2.75) is 32.0 Å². The highest BCUT2D eigenvalue weighted by Gasteiger charge is 2.66. The van der Waals surface area contributed by atoms with Gasteiger partial charge in [0.25, 0.3) is 0 Å². The van der Waals surface area contributed by atoms with Gasteiger partial charge in [0.1, 0.15) is 12.2 Å². The molecule has 2 aliphatic carbocycles. The summed E-state index contributed by atoms with van der Waals surface area (Å²) in [6.45, 7) is 9.63. The third-order valence-electron chi connectivity index (χ3n) is 4.58. The standard InChI is InChI=1S/C13H16O3/c1-4-10(14)16-11-8-5-9-12(11)15-7(2)13(9,3)6-8/h4,8-9,11-12H,1-2,5-6H2,3H3. The second-order valence-electron chi connectivity index (χ2n) is 5.34. The van der Waals surface area contributed by atoms with Gasteiger partial charge in [0.2, 0.25) is 0 Å². The Balaban J connectivity index is 1.85. The summed E-state index contributed by atoms with van der Waals surface area (Å²) in [4.78, 5) is 11.3. The molecule has 0 amide bonds. The fourth-order valence-corrected chi connectivity index (χ4v) is 3.72. The van der Waals surface area contributed by atoms with Crippen LogP contribution in [0, 0.1) is 17.3 Å². The van der Waals surface area contributed by atoms with E-state index in [0.29, 0.717) is 11.8 Å². The van der Waals surface area contributed by atoms with E-state index in [1.54, 1.807) is 0 Å². The minimum atomic E-state index is -0.347. The normalized spacial score (nSPS) is 47.9. The maximum atomic E-state index is 11.3. The summed E-state index contributed by atoms with van der Waals surface area (Å²) in [5, 5.41) is 0. The number of carbonyl (C=O) groups excluding carboxylic acids is 1. The van der Waals surface area contributed by atoms with E-state index < -0.39 is 0 Å². The molecule has 1 saturated heterocycles. The molecule has 2 bridgehead atoms. The first-order chi connectivity index (χ1) is 7.56. The molecular weight excluding hydrogens is 204 g/mol. The van der Waals surface area contributed by atoms with E-state index in [4.69, 9.17) is 9.47 Å². The average Bonchev–Trinajstić information content (AvgIpc) is 2.79. The van der Waals surface area contributed by atoms with Crippen LogP contribution in [0.25, 0.3) is 0 Å². The Kier molecular flexibility index (Phi) is 1.80. The molecular formula is C13H16O3. The summed E-state index contributed by atoms with van der Waals surface area (Å²) < 4.78 is 11.2. The van der Waals surface area contributed by atoms with Gasteiger partial charge in [0.05, 0.1) is 5.76 Å². The van der Waals surface area contributed by atoms with Crippen LogP contribution in [0.5, 0.6) is 0 Å². The van der Waals surface area contributed by atoms with Crippen LogP contribution < -0.4 is 0 Å². The lowest BCUT2D eigenvalue weighted by Crippen LogP contribution is -2.38. The van der Waals surface area contributed by atoms with Crippen LogP contribution in [-0.2, 0) is 14.3 Å². The third kappa shape index (κ3) is 1.01. The minimum Gasteiger partial charge on any atom is -0.491 e. The highest BCUT2D eigenvalue weighted by Crippen LogP contribution is 2.65. The first kappa shape index (κ1) is 9.94. The van der Waals surface area contributed by atoms with Gasteiger partial charge in [-0.2, -0.15) is 0 Å². The molecule has 5 atom stereocenters. The quantitative estimate of drug-likeness (QED) is 0.527. The zero-order valence-electron chi connectivity index (χ0n) is 9.44. The van der Waals surface area contributed by atoms with Crippen LogP contribution >= 0.6 is 0 Å². The molecule has 3 nitrogen and oxygen atoms in total. The van der Waals surface area contributed by atoms with Crippen LogP contribution in [0.2, 0.25) is 0 Å². The minimum absolute atomic E-state index is 0.0279. The van der Waals surface area contributed by atoms with E-state index in [2.05, 4.69) is 20.1 Å². The predicted octanol–water partition coefficient (Wildman–Crippen LogP) is 2.04. The maximum Gasteiger partial charge on any atom is 0.330 e. The molecule has 0 aromatic rings. The average molecular weight is 220 g/mol. The van der Waals surface area contributed by atoms with Gasteiger partial charge in [0, 0.05) is 23.3 Å². The second-order valence-corrected chi connectivity index (χ2v) is 5.34. The molecule has 3 aliphatic rings. The summed E-state index contributed by atoms with van der Waals surface area (Å²) in [5.74, 6) is 1.44. The van der Waals surface area contributed by atoms with Gasteiger partial charge >= 0.3 is 5.97 Å². The van der Waals surface area contributed by atoms with Crippen LogP contribution in [-0.4, -0.2) is 18.2 Å². The fourth-order valence-electron chi connectivity index (χ4n) is 3.72. The van der Waals surface area contributed by atoms with Crippen molar-refractivity contribution < 1.29 is 14.3 Å². The number of rotatable bonds is 2. The Hall–Kier alpha value is -1.25. The molecule has 1 aliphatic heterocycles. The number of fused-ring (bicyclic) bond motifs is 1. The van der Waals surface area contributed by atoms with Crippen molar-refractivity contribution in [2.75, 3.05) is 0 Å². The summed E-state index contributed by atoms with van der Waals surface area (Å²) in [6.07, 6.45) is 3.27. The fraction of sp³-hybridized carbons (Fsp3) is 0.615. The maximum absolute atomic E-state index is 11.3. The molecule has 2 saturated carbocycles. The molecule has 0 N–H and O–H groups in total. The predicted molar refractivity (Wildman–Crippen MR) is 58.4 cm³/mol. The number of carbonyl (C=O) groups is 1. The molecule has 3 fully saturated rings. The smallest absolute Gasteiger partial charge is 0.330 e. The summed E-state index contributed by atoms with van der Waals surface area (Å²) >= 11 is 0. The van der Waals surface area contributed by atoms with Crippen molar-refractivity contribution in [3.8, 4) is 0 Å². The van der Waals surface area contributed by atoms with Crippen LogP contribution in [0.1, 0.15) is 19.8 Å². The van der Waals surface area contributed by atoms with E-state index in [-0.39, 0.29) is 23.6 Å². The van der Waals surface area contributed by atoms with E-state index in [1.165, 1.54) is 6.08 Å². The monoisotopic (exact) mass is 220 g/mol. The van der Waals surface area contributed by atoms with Gasteiger partial charge in [-0.05, 0) is 12.8 Å². The SMILES string of the molecule is C=CC(=O)OC1C2CC3C1OC(=C)C3(C)C2. The first-order valence-corrected chi connectivity index (χ1v) is 5.75. The van der Waals surface area contributed by atoms with Gasteiger partial charge in [0.15, 0.2) is 0 Å². The molecule has 0 radical (unpaired) electrons. The zero-order valence-corrected chi connectivity index (χ0v) is 9.44. The van der Waals surface area contributed by atoms with Gasteiger partial charge < -0.3 is 9.47 Å². The Morgan fingerprint density at radius 3 is 3.12 bits per heavy atom. The molecule has 3 rings (SSSR count). The second kappa shape index (κ2) is 2.90. The zero-order chi connectivity index (χ0) is 11.5. The van der Waals surface area contributed by atoms with E-state index in [1.807, 2.05) is 0 Å². The van der Waals surface area contributed by atoms with E-state index in [9.17, 15) is 4.79 Å². The van der Waals surface area contributed by atoms with Crippen LogP contribution in [0.4, 0.5) is 0 Å². The molecule has 0 spiro atoms. The Labute approximate surface area is 95.1 Å². The number of esters is 1. The van der Waals surface area contributed by atoms with Crippen molar-refractivity contribution in [3.63, 3.8) is 0 Å². The molecule has 86 valence electrons. The largest absolute Gasteiger partial charge is 0.491 e. The topological polar surface area (TPSA) is 35.5 Å². The molecule has 3 heteroatoms. The summed E-state index contributed by atoms with van der Waals surface area (Å²) in [6, 6.07) is 0. The summed E-state index contributed by atoms with van der Waals surface area (Å²) in [7, 11) is 0. The Morgan fingerprint density at radius 2 is 2.44 bits per heavy atom. The van der Waals surface area contributed by atoms with E-state index in [0.717, 1.165) is 18.6 Å². The van der Waals surface area contributed by atoms with Gasteiger partial charge in [-0.1, -0.05) is 20.1 Å². The van der Waals surface area contributed by atoms with Crippen molar-refractivity contribution in [3.05, 3.63) is 25.0 Å². The molecule has 0 aromatic carbocycles. The Morgan fingerprint density at radius 1 is 1.69 bits per heavy atom. The Bertz CT molecular complexity index is 387. The molecule has 1 heterocycles.